The van der Waals surface area contributed by atoms with E-state index in [4.69, 9.17) is 0 Å². The summed E-state index contributed by atoms with van der Waals surface area (Å²) in [4.78, 5) is 10.8. The first-order valence-electron chi connectivity index (χ1n) is 4.12. The van der Waals surface area contributed by atoms with Gasteiger partial charge in [0.2, 0.25) is 5.91 Å². The van der Waals surface area contributed by atoms with Gasteiger partial charge in [-0.1, -0.05) is 0 Å². The average molecular weight is 156 g/mol. The van der Waals surface area contributed by atoms with Crippen molar-refractivity contribution < 1.29 is 4.79 Å². The Kier molecular flexibility index (Phi) is 2.49. The summed E-state index contributed by atoms with van der Waals surface area (Å²) in [5, 5.41) is 5.93. The molecule has 0 spiro atoms. The monoisotopic (exact) mass is 156 g/mol. The van der Waals surface area contributed by atoms with Gasteiger partial charge in [0, 0.05) is 25.6 Å². The maximum Gasteiger partial charge on any atom is 0.221 e. The zero-order valence-corrected chi connectivity index (χ0v) is 7.24. The average Bonchev–Trinajstić information content (AvgIpc) is 2.68. The summed E-state index contributed by atoms with van der Waals surface area (Å²) in [6.07, 6.45) is 3.09. The molecule has 0 aromatic heterocycles. The Morgan fingerprint density at radius 3 is 2.64 bits per heavy atom. The highest BCUT2D eigenvalue weighted by Crippen LogP contribution is 2.33. The highest BCUT2D eigenvalue weighted by molar-refractivity contribution is 5.75. The Morgan fingerprint density at radius 2 is 2.18 bits per heavy atom. The lowest BCUT2D eigenvalue weighted by Gasteiger charge is -2.09. The molecule has 1 fully saturated rings. The first-order valence-corrected chi connectivity index (χ1v) is 4.12. The van der Waals surface area contributed by atoms with E-state index in [1.54, 1.807) is 7.05 Å². The fraction of sp³-hybridized carbons (Fsp3) is 0.875. The van der Waals surface area contributed by atoms with Crippen molar-refractivity contribution in [2.75, 3.05) is 13.6 Å². The summed E-state index contributed by atoms with van der Waals surface area (Å²) in [5.74, 6) is 0.113. The van der Waals surface area contributed by atoms with Crippen LogP contribution in [-0.2, 0) is 4.79 Å². The van der Waals surface area contributed by atoms with E-state index < -0.39 is 0 Å². The van der Waals surface area contributed by atoms with Crippen LogP contribution in [0.5, 0.6) is 0 Å². The first kappa shape index (κ1) is 8.53. The molecule has 2 N–H and O–H groups in total. The van der Waals surface area contributed by atoms with E-state index in [1.165, 1.54) is 12.8 Å². The van der Waals surface area contributed by atoms with Crippen molar-refractivity contribution in [1.29, 1.82) is 0 Å². The van der Waals surface area contributed by atoms with Crippen molar-refractivity contribution in [1.82, 2.24) is 10.6 Å². The molecule has 64 valence electrons. The topological polar surface area (TPSA) is 41.1 Å². The van der Waals surface area contributed by atoms with Crippen LogP contribution in [0.1, 0.15) is 26.2 Å². The van der Waals surface area contributed by atoms with Crippen LogP contribution in [0.2, 0.25) is 0 Å². The molecular weight excluding hydrogens is 140 g/mol. The van der Waals surface area contributed by atoms with Crippen LogP contribution in [0.4, 0.5) is 0 Å². The summed E-state index contributed by atoms with van der Waals surface area (Å²) >= 11 is 0. The maximum atomic E-state index is 10.8. The molecule has 1 rings (SSSR count). The zero-order chi connectivity index (χ0) is 8.32. The van der Waals surface area contributed by atoms with Crippen molar-refractivity contribution in [3.05, 3.63) is 0 Å². The van der Waals surface area contributed by atoms with Gasteiger partial charge in [0.25, 0.3) is 0 Å². The molecule has 0 aromatic rings. The summed E-state index contributed by atoms with van der Waals surface area (Å²) < 4.78 is 0. The van der Waals surface area contributed by atoms with Crippen molar-refractivity contribution in [3.8, 4) is 0 Å². The van der Waals surface area contributed by atoms with Gasteiger partial charge in [-0.05, 0) is 19.8 Å². The summed E-state index contributed by atoms with van der Waals surface area (Å²) in [6, 6.07) is 0. The zero-order valence-electron chi connectivity index (χ0n) is 7.24. The summed E-state index contributed by atoms with van der Waals surface area (Å²) in [6.45, 7) is 2.99. The molecule has 0 heterocycles. The minimum Gasteiger partial charge on any atom is -0.359 e. The molecule has 0 aliphatic heterocycles. The lowest BCUT2D eigenvalue weighted by Crippen LogP contribution is -2.32. The van der Waals surface area contributed by atoms with Gasteiger partial charge in [-0.15, -0.1) is 0 Å². The normalized spacial score (nSPS) is 19.5. The molecule has 1 amide bonds. The van der Waals surface area contributed by atoms with Crippen LogP contribution in [0, 0.1) is 0 Å². The lowest BCUT2D eigenvalue weighted by molar-refractivity contribution is -0.120. The SMILES string of the molecule is CNC(=O)CCNC1(C)CC1. The van der Waals surface area contributed by atoms with E-state index in [1.807, 2.05) is 0 Å². The minimum atomic E-state index is 0.113. The predicted octanol–water partition coefficient (Wildman–Crippen LogP) is 0.265. The molecule has 0 aromatic carbocycles. The van der Waals surface area contributed by atoms with Gasteiger partial charge in [-0.3, -0.25) is 4.79 Å². The fourth-order valence-corrected chi connectivity index (χ4v) is 0.967. The van der Waals surface area contributed by atoms with Crippen LogP contribution in [0.3, 0.4) is 0 Å². The smallest absolute Gasteiger partial charge is 0.221 e. The molecule has 11 heavy (non-hydrogen) atoms. The van der Waals surface area contributed by atoms with E-state index >= 15 is 0 Å². The third kappa shape index (κ3) is 2.89. The van der Waals surface area contributed by atoms with E-state index in [-0.39, 0.29) is 5.91 Å². The Hall–Kier alpha value is -0.570. The number of carbonyl (C=O) groups is 1. The largest absolute Gasteiger partial charge is 0.359 e. The third-order valence-corrected chi connectivity index (χ3v) is 2.18. The van der Waals surface area contributed by atoms with Gasteiger partial charge < -0.3 is 10.6 Å². The van der Waals surface area contributed by atoms with E-state index in [0.717, 1.165) is 6.54 Å². The highest BCUT2D eigenvalue weighted by atomic mass is 16.1. The Morgan fingerprint density at radius 1 is 1.55 bits per heavy atom. The number of amides is 1. The first-order chi connectivity index (χ1) is 5.16. The number of carbonyl (C=O) groups excluding carboxylic acids is 1. The highest BCUT2D eigenvalue weighted by Gasteiger charge is 2.36. The van der Waals surface area contributed by atoms with Crippen molar-refractivity contribution >= 4 is 5.91 Å². The Bertz CT molecular complexity index is 152. The molecule has 0 unspecified atom stereocenters. The summed E-state index contributed by atoms with van der Waals surface area (Å²) in [5.41, 5.74) is 0.355. The number of hydrogen-bond acceptors (Lipinski definition) is 2. The van der Waals surface area contributed by atoms with Crippen LogP contribution in [-0.4, -0.2) is 25.0 Å². The number of rotatable bonds is 4. The van der Waals surface area contributed by atoms with E-state index in [9.17, 15) is 4.79 Å². The van der Waals surface area contributed by atoms with Gasteiger partial charge in [0.15, 0.2) is 0 Å². The van der Waals surface area contributed by atoms with Crippen molar-refractivity contribution in [2.24, 2.45) is 0 Å². The van der Waals surface area contributed by atoms with Gasteiger partial charge in [0.05, 0.1) is 0 Å². The van der Waals surface area contributed by atoms with Gasteiger partial charge in [0.1, 0.15) is 0 Å². The van der Waals surface area contributed by atoms with Gasteiger partial charge in [-0.2, -0.15) is 0 Å². The second kappa shape index (κ2) is 3.22. The molecular formula is C8H16N2O. The van der Waals surface area contributed by atoms with E-state index in [0.29, 0.717) is 12.0 Å². The van der Waals surface area contributed by atoms with Gasteiger partial charge in [-0.25, -0.2) is 0 Å². The van der Waals surface area contributed by atoms with Gasteiger partial charge >= 0.3 is 0 Å². The minimum absolute atomic E-state index is 0.113. The Labute approximate surface area is 67.5 Å². The molecule has 1 saturated carbocycles. The molecule has 0 atom stereocenters. The Balaban J connectivity index is 2.00. The van der Waals surface area contributed by atoms with E-state index in [2.05, 4.69) is 17.6 Å². The van der Waals surface area contributed by atoms with Crippen molar-refractivity contribution in [3.63, 3.8) is 0 Å². The van der Waals surface area contributed by atoms with Crippen LogP contribution in [0.15, 0.2) is 0 Å². The van der Waals surface area contributed by atoms with Crippen LogP contribution < -0.4 is 10.6 Å². The third-order valence-electron chi connectivity index (χ3n) is 2.18. The molecule has 3 heteroatoms. The standard InChI is InChI=1S/C8H16N2O/c1-8(4-5-8)10-6-3-7(11)9-2/h10H,3-6H2,1-2H3,(H,9,11). The summed E-state index contributed by atoms with van der Waals surface area (Å²) in [7, 11) is 1.67. The maximum absolute atomic E-state index is 10.8. The second-order valence-corrected chi connectivity index (χ2v) is 3.41. The number of nitrogens with one attached hydrogen (secondary N) is 2. The number of hydrogen-bond donors (Lipinski definition) is 2. The van der Waals surface area contributed by atoms with Crippen LogP contribution >= 0.6 is 0 Å². The quantitative estimate of drug-likeness (QED) is 0.613. The molecule has 0 bridgehead atoms. The molecule has 0 saturated heterocycles. The molecule has 1 aliphatic carbocycles. The van der Waals surface area contributed by atoms with Crippen LogP contribution in [0.25, 0.3) is 0 Å². The predicted molar refractivity (Wildman–Crippen MR) is 44.3 cm³/mol. The molecule has 0 radical (unpaired) electrons. The van der Waals surface area contributed by atoms with Crippen molar-refractivity contribution in [2.45, 2.75) is 31.7 Å². The molecule has 3 nitrogen and oxygen atoms in total. The lowest BCUT2D eigenvalue weighted by atomic mass is 10.3. The fourth-order valence-electron chi connectivity index (χ4n) is 0.967. The molecule has 1 aliphatic rings. The second-order valence-electron chi connectivity index (χ2n) is 3.41.